The average Bonchev–Trinajstić information content (AvgIpc) is 3.15. The van der Waals surface area contributed by atoms with E-state index in [1.807, 2.05) is 17.8 Å². The molecule has 4 aromatic rings. The zero-order valence-corrected chi connectivity index (χ0v) is 14.1. The average molecular weight is 330 g/mol. The predicted molar refractivity (Wildman–Crippen MR) is 100 cm³/mol. The number of hydrogen-bond acceptors (Lipinski definition) is 3. The summed E-state index contributed by atoms with van der Waals surface area (Å²) in [5.41, 5.74) is 5.56. The van der Waals surface area contributed by atoms with Gasteiger partial charge in [0.25, 0.3) is 0 Å². The topological polar surface area (TPSA) is 25.8 Å². The van der Waals surface area contributed by atoms with E-state index < -0.39 is 0 Å². The molecule has 3 heteroatoms. The fraction of sp³-hybridized carbons (Fsp3) is 0.143. The summed E-state index contributed by atoms with van der Waals surface area (Å²) in [6.45, 7) is 0. The highest BCUT2D eigenvalue weighted by atomic mass is 32.1. The molecule has 1 unspecified atom stereocenters. The van der Waals surface area contributed by atoms with Crippen molar-refractivity contribution in [3.63, 3.8) is 0 Å². The number of pyridine rings is 1. The Balaban J connectivity index is 1.69. The first-order chi connectivity index (χ1) is 11.9. The van der Waals surface area contributed by atoms with Gasteiger partial charge in [-0.25, -0.2) is 4.98 Å². The Labute approximate surface area is 145 Å². The van der Waals surface area contributed by atoms with Gasteiger partial charge >= 0.3 is 0 Å². The van der Waals surface area contributed by atoms with Crippen molar-refractivity contribution in [1.29, 1.82) is 0 Å². The van der Waals surface area contributed by atoms with E-state index in [0.717, 1.165) is 24.2 Å². The molecule has 0 saturated carbocycles. The molecule has 0 aliphatic rings. The molecule has 2 aromatic heterocycles. The molecular weight excluding hydrogens is 312 g/mol. The molecule has 0 N–H and O–H groups in total. The van der Waals surface area contributed by atoms with Crippen molar-refractivity contribution in [3.05, 3.63) is 94.7 Å². The Morgan fingerprint density at radius 2 is 1.62 bits per heavy atom. The van der Waals surface area contributed by atoms with E-state index in [0.29, 0.717) is 5.92 Å². The number of nitrogens with zero attached hydrogens (tertiary/aromatic N) is 2. The van der Waals surface area contributed by atoms with Gasteiger partial charge in [-0.2, -0.15) is 0 Å². The number of aromatic nitrogens is 2. The third kappa shape index (κ3) is 3.36. The van der Waals surface area contributed by atoms with E-state index in [4.69, 9.17) is 0 Å². The molecule has 4 rings (SSSR count). The van der Waals surface area contributed by atoms with E-state index in [-0.39, 0.29) is 0 Å². The highest BCUT2D eigenvalue weighted by Crippen LogP contribution is 2.27. The van der Waals surface area contributed by atoms with E-state index in [2.05, 4.69) is 69.9 Å². The van der Waals surface area contributed by atoms with Crippen molar-refractivity contribution in [3.8, 4) is 0 Å². The smallest absolute Gasteiger partial charge is 0.0794 e. The normalized spacial score (nSPS) is 12.3. The van der Waals surface area contributed by atoms with Gasteiger partial charge in [0.05, 0.1) is 11.2 Å². The van der Waals surface area contributed by atoms with Gasteiger partial charge in [-0.05, 0) is 47.2 Å². The van der Waals surface area contributed by atoms with Crippen LogP contribution in [-0.4, -0.2) is 9.97 Å². The largest absolute Gasteiger partial charge is 0.261 e. The molecule has 1 atom stereocenters. The van der Waals surface area contributed by atoms with E-state index in [1.54, 1.807) is 11.3 Å². The Morgan fingerprint density at radius 3 is 2.42 bits per heavy atom. The van der Waals surface area contributed by atoms with Gasteiger partial charge in [0, 0.05) is 17.3 Å². The van der Waals surface area contributed by atoms with E-state index in [9.17, 15) is 0 Å². The molecule has 118 valence electrons. The predicted octanol–water partition coefficient (Wildman–Crippen LogP) is 5.26. The van der Waals surface area contributed by atoms with Crippen molar-refractivity contribution in [2.45, 2.75) is 18.8 Å². The Hall–Kier alpha value is -2.52. The molecule has 0 spiro atoms. The minimum atomic E-state index is 0.381. The molecule has 24 heavy (non-hydrogen) atoms. The number of rotatable bonds is 5. The maximum absolute atomic E-state index is 4.52. The summed E-state index contributed by atoms with van der Waals surface area (Å²) in [5.74, 6) is 0.381. The first-order valence-corrected chi connectivity index (χ1v) is 9.08. The first kappa shape index (κ1) is 15.0. The summed E-state index contributed by atoms with van der Waals surface area (Å²) < 4.78 is 0. The SMILES string of the molecule is c1ccc(CC(Cc2cscn2)c2ccc3ccccc3c2)nc1. The van der Waals surface area contributed by atoms with Crippen LogP contribution in [0.5, 0.6) is 0 Å². The molecule has 0 radical (unpaired) electrons. The summed E-state index contributed by atoms with van der Waals surface area (Å²) in [6.07, 6.45) is 3.74. The maximum Gasteiger partial charge on any atom is 0.0794 e. The van der Waals surface area contributed by atoms with Crippen LogP contribution in [0.15, 0.2) is 77.8 Å². The zero-order valence-electron chi connectivity index (χ0n) is 13.3. The second kappa shape index (κ2) is 6.93. The van der Waals surface area contributed by atoms with Crippen LogP contribution >= 0.6 is 11.3 Å². The quantitative estimate of drug-likeness (QED) is 0.499. The van der Waals surface area contributed by atoms with Crippen LogP contribution in [0.25, 0.3) is 10.8 Å². The summed E-state index contributed by atoms with van der Waals surface area (Å²) in [4.78, 5) is 9.00. The minimum Gasteiger partial charge on any atom is -0.261 e. The van der Waals surface area contributed by atoms with Gasteiger partial charge < -0.3 is 0 Å². The number of thiazole rings is 1. The Morgan fingerprint density at radius 1 is 0.792 bits per heavy atom. The molecule has 2 heterocycles. The molecule has 0 fully saturated rings. The number of fused-ring (bicyclic) bond motifs is 1. The molecule has 0 amide bonds. The van der Waals surface area contributed by atoms with Crippen LogP contribution < -0.4 is 0 Å². The monoisotopic (exact) mass is 330 g/mol. The highest BCUT2D eigenvalue weighted by Gasteiger charge is 2.15. The first-order valence-electron chi connectivity index (χ1n) is 8.14. The van der Waals surface area contributed by atoms with Crippen LogP contribution in [0.1, 0.15) is 22.9 Å². The van der Waals surface area contributed by atoms with Gasteiger partial charge in [0.1, 0.15) is 0 Å². The van der Waals surface area contributed by atoms with Crippen molar-refractivity contribution in [2.24, 2.45) is 0 Å². The lowest BCUT2D eigenvalue weighted by atomic mass is 9.88. The molecular formula is C21H18N2S. The van der Waals surface area contributed by atoms with Crippen LogP contribution in [0.2, 0.25) is 0 Å². The van der Waals surface area contributed by atoms with E-state index in [1.165, 1.54) is 16.3 Å². The molecule has 0 bridgehead atoms. The lowest BCUT2D eigenvalue weighted by Gasteiger charge is -2.17. The third-order valence-corrected chi connectivity index (χ3v) is 5.00. The third-order valence-electron chi connectivity index (χ3n) is 4.37. The van der Waals surface area contributed by atoms with Crippen molar-refractivity contribution < 1.29 is 0 Å². The van der Waals surface area contributed by atoms with Gasteiger partial charge in [0.15, 0.2) is 0 Å². The van der Waals surface area contributed by atoms with Crippen LogP contribution in [0.4, 0.5) is 0 Å². The van der Waals surface area contributed by atoms with Crippen LogP contribution in [-0.2, 0) is 12.8 Å². The summed E-state index contributed by atoms with van der Waals surface area (Å²) in [6, 6.07) is 21.4. The zero-order chi connectivity index (χ0) is 16.2. The standard InChI is InChI=1S/C21H18N2S/c1-2-6-17-11-18(9-8-16(17)5-1)19(13-21-14-24-15-23-21)12-20-7-3-4-10-22-20/h1-11,14-15,19H,12-13H2. The summed E-state index contributed by atoms with van der Waals surface area (Å²) in [5, 5.41) is 4.72. The molecule has 0 saturated heterocycles. The van der Waals surface area contributed by atoms with Crippen LogP contribution in [0, 0.1) is 0 Å². The van der Waals surface area contributed by atoms with Crippen LogP contribution in [0.3, 0.4) is 0 Å². The fourth-order valence-corrected chi connectivity index (χ4v) is 3.70. The Bertz CT molecular complexity index is 917. The van der Waals surface area contributed by atoms with Gasteiger partial charge in [-0.3, -0.25) is 4.98 Å². The van der Waals surface area contributed by atoms with E-state index >= 15 is 0 Å². The second-order valence-corrected chi connectivity index (χ2v) is 6.73. The Kier molecular flexibility index (Phi) is 4.34. The summed E-state index contributed by atoms with van der Waals surface area (Å²) in [7, 11) is 0. The number of hydrogen-bond donors (Lipinski definition) is 0. The highest BCUT2D eigenvalue weighted by molar-refractivity contribution is 7.07. The molecule has 2 nitrogen and oxygen atoms in total. The number of benzene rings is 2. The van der Waals surface area contributed by atoms with Gasteiger partial charge in [-0.15, -0.1) is 11.3 Å². The van der Waals surface area contributed by atoms with Gasteiger partial charge in [0.2, 0.25) is 0 Å². The van der Waals surface area contributed by atoms with Crippen molar-refractivity contribution >= 4 is 22.1 Å². The lowest BCUT2D eigenvalue weighted by Crippen LogP contribution is -2.08. The molecule has 2 aromatic carbocycles. The molecule has 0 aliphatic heterocycles. The second-order valence-electron chi connectivity index (χ2n) is 6.01. The summed E-state index contributed by atoms with van der Waals surface area (Å²) >= 11 is 1.66. The van der Waals surface area contributed by atoms with Crippen molar-refractivity contribution in [2.75, 3.05) is 0 Å². The van der Waals surface area contributed by atoms with Gasteiger partial charge in [-0.1, -0.05) is 48.5 Å². The maximum atomic E-state index is 4.52. The fourth-order valence-electron chi connectivity index (χ4n) is 3.13. The minimum absolute atomic E-state index is 0.381. The lowest BCUT2D eigenvalue weighted by molar-refractivity contribution is 0.660. The van der Waals surface area contributed by atoms with Crippen molar-refractivity contribution in [1.82, 2.24) is 9.97 Å². The molecule has 0 aliphatic carbocycles.